The van der Waals surface area contributed by atoms with Gasteiger partial charge in [-0.05, 0) is 32.6 Å². The maximum Gasteiger partial charge on any atom is 0.191 e. The van der Waals surface area contributed by atoms with Gasteiger partial charge in [-0.2, -0.15) is 0 Å². The van der Waals surface area contributed by atoms with E-state index in [1.807, 2.05) is 0 Å². The first kappa shape index (κ1) is 13.7. The third-order valence-electron chi connectivity index (χ3n) is 4.39. The van der Waals surface area contributed by atoms with E-state index in [0.29, 0.717) is 12.0 Å². The highest BCUT2D eigenvalue weighted by Crippen LogP contribution is 2.34. The van der Waals surface area contributed by atoms with E-state index in [1.54, 1.807) is 0 Å². The van der Waals surface area contributed by atoms with Gasteiger partial charge in [0.25, 0.3) is 0 Å². The molecule has 0 atom stereocenters. The van der Waals surface area contributed by atoms with E-state index in [-0.39, 0.29) is 5.54 Å². The van der Waals surface area contributed by atoms with Crippen LogP contribution in [0.3, 0.4) is 0 Å². The lowest BCUT2D eigenvalue weighted by atomic mass is 9.85. The molecule has 1 spiro atoms. The van der Waals surface area contributed by atoms with Crippen LogP contribution in [0.25, 0.3) is 0 Å². The van der Waals surface area contributed by atoms with E-state index >= 15 is 0 Å². The Morgan fingerprint density at radius 1 is 1.22 bits per heavy atom. The molecule has 0 aromatic heterocycles. The number of guanidine groups is 1. The topological polar surface area (TPSA) is 44.9 Å². The Balaban J connectivity index is 2.04. The molecule has 0 aromatic carbocycles. The minimum Gasteiger partial charge on any atom is -0.370 e. The summed E-state index contributed by atoms with van der Waals surface area (Å²) in [5.74, 6) is 1.40. The van der Waals surface area contributed by atoms with E-state index in [2.05, 4.69) is 42.5 Å². The van der Waals surface area contributed by atoms with Crippen LogP contribution in [0, 0.1) is 5.92 Å². The second-order valence-corrected chi connectivity index (χ2v) is 6.53. The zero-order valence-electron chi connectivity index (χ0n) is 12.3. The average molecular weight is 252 g/mol. The second kappa shape index (κ2) is 5.08. The van der Waals surface area contributed by atoms with Crippen molar-refractivity contribution in [3.8, 4) is 0 Å². The normalized spacial score (nSPS) is 24.3. The van der Waals surface area contributed by atoms with E-state index in [1.165, 1.54) is 25.9 Å². The number of hydrogen-bond acceptors (Lipinski definition) is 4. The SMILES string of the molecule is CC(C)CN1C(N)=NCC12CCN(C(C)C)CC2. The summed E-state index contributed by atoms with van der Waals surface area (Å²) in [5, 5.41) is 0. The number of likely N-dealkylation sites (tertiary alicyclic amines) is 1. The minimum absolute atomic E-state index is 0.222. The zero-order chi connectivity index (χ0) is 13.3. The molecular formula is C14H28N4. The summed E-state index contributed by atoms with van der Waals surface area (Å²) in [6.45, 7) is 13.4. The van der Waals surface area contributed by atoms with Gasteiger partial charge in [-0.15, -0.1) is 0 Å². The van der Waals surface area contributed by atoms with Crippen LogP contribution < -0.4 is 5.73 Å². The lowest BCUT2D eigenvalue weighted by molar-refractivity contribution is 0.0647. The van der Waals surface area contributed by atoms with Gasteiger partial charge in [-0.3, -0.25) is 4.99 Å². The van der Waals surface area contributed by atoms with Crippen LogP contribution in [-0.2, 0) is 0 Å². The summed E-state index contributed by atoms with van der Waals surface area (Å²) < 4.78 is 0. The summed E-state index contributed by atoms with van der Waals surface area (Å²) >= 11 is 0. The number of aliphatic imine (C=N–C) groups is 1. The van der Waals surface area contributed by atoms with Gasteiger partial charge in [0.1, 0.15) is 0 Å². The smallest absolute Gasteiger partial charge is 0.191 e. The lowest BCUT2D eigenvalue weighted by Gasteiger charge is -2.46. The fraction of sp³-hybridized carbons (Fsp3) is 0.929. The van der Waals surface area contributed by atoms with Crippen LogP contribution in [0.15, 0.2) is 4.99 Å². The van der Waals surface area contributed by atoms with Crippen molar-refractivity contribution in [3.05, 3.63) is 0 Å². The van der Waals surface area contributed by atoms with Crippen LogP contribution in [0.4, 0.5) is 0 Å². The molecule has 2 N–H and O–H groups in total. The number of nitrogens with two attached hydrogens (primary N) is 1. The number of nitrogens with zero attached hydrogens (tertiary/aromatic N) is 3. The van der Waals surface area contributed by atoms with Gasteiger partial charge >= 0.3 is 0 Å². The van der Waals surface area contributed by atoms with Crippen LogP contribution in [0.1, 0.15) is 40.5 Å². The van der Waals surface area contributed by atoms with Crippen molar-refractivity contribution in [3.63, 3.8) is 0 Å². The monoisotopic (exact) mass is 252 g/mol. The summed E-state index contributed by atoms with van der Waals surface area (Å²) in [6.07, 6.45) is 2.39. The summed E-state index contributed by atoms with van der Waals surface area (Å²) in [7, 11) is 0. The van der Waals surface area contributed by atoms with Crippen molar-refractivity contribution in [2.45, 2.75) is 52.1 Å². The molecule has 0 radical (unpaired) electrons. The predicted octanol–water partition coefficient (Wildman–Crippen LogP) is 1.52. The van der Waals surface area contributed by atoms with Crippen LogP contribution in [0.2, 0.25) is 0 Å². The van der Waals surface area contributed by atoms with E-state index in [4.69, 9.17) is 5.73 Å². The highest BCUT2D eigenvalue weighted by Gasteiger charge is 2.44. The van der Waals surface area contributed by atoms with Crippen molar-refractivity contribution in [2.24, 2.45) is 16.6 Å². The van der Waals surface area contributed by atoms with Crippen molar-refractivity contribution in [2.75, 3.05) is 26.2 Å². The quantitative estimate of drug-likeness (QED) is 0.828. The third kappa shape index (κ3) is 2.48. The molecule has 2 aliphatic rings. The fourth-order valence-corrected chi connectivity index (χ4v) is 3.18. The molecule has 2 rings (SSSR count). The standard InChI is InChI=1S/C14H28N4/c1-11(2)9-18-13(15)16-10-14(18)5-7-17(8-6-14)12(3)4/h11-12H,5-10H2,1-4H3,(H2,15,16). The van der Waals surface area contributed by atoms with Crippen LogP contribution in [0.5, 0.6) is 0 Å². The molecule has 2 heterocycles. The third-order valence-corrected chi connectivity index (χ3v) is 4.39. The van der Waals surface area contributed by atoms with Gasteiger partial charge in [0.2, 0.25) is 0 Å². The van der Waals surface area contributed by atoms with E-state index in [0.717, 1.165) is 19.0 Å². The Kier molecular flexibility index (Phi) is 3.85. The lowest BCUT2D eigenvalue weighted by Crippen LogP contribution is -2.58. The molecule has 0 saturated carbocycles. The average Bonchev–Trinajstić information content (AvgIpc) is 2.59. The molecule has 1 saturated heterocycles. The van der Waals surface area contributed by atoms with Gasteiger partial charge in [-0.1, -0.05) is 13.8 Å². The molecule has 0 bridgehead atoms. The second-order valence-electron chi connectivity index (χ2n) is 6.53. The van der Waals surface area contributed by atoms with Crippen LogP contribution >= 0.6 is 0 Å². The molecule has 4 nitrogen and oxygen atoms in total. The highest BCUT2D eigenvalue weighted by atomic mass is 15.4. The number of hydrogen-bond donors (Lipinski definition) is 1. The first-order chi connectivity index (χ1) is 8.44. The van der Waals surface area contributed by atoms with Crippen molar-refractivity contribution >= 4 is 5.96 Å². The Hall–Kier alpha value is -0.770. The molecule has 0 aromatic rings. The summed E-state index contributed by atoms with van der Waals surface area (Å²) in [6, 6.07) is 0.653. The minimum atomic E-state index is 0.222. The van der Waals surface area contributed by atoms with Crippen molar-refractivity contribution in [1.29, 1.82) is 0 Å². The first-order valence-corrected chi connectivity index (χ1v) is 7.26. The Morgan fingerprint density at radius 2 is 1.83 bits per heavy atom. The largest absolute Gasteiger partial charge is 0.370 e. The maximum absolute atomic E-state index is 6.09. The zero-order valence-corrected chi connectivity index (χ0v) is 12.3. The number of piperidine rings is 1. The van der Waals surface area contributed by atoms with Gasteiger partial charge in [0, 0.05) is 25.7 Å². The molecule has 0 amide bonds. The first-order valence-electron chi connectivity index (χ1n) is 7.26. The van der Waals surface area contributed by atoms with Gasteiger partial charge in [0.15, 0.2) is 5.96 Å². The predicted molar refractivity (Wildman–Crippen MR) is 76.7 cm³/mol. The highest BCUT2D eigenvalue weighted by molar-refractivity contribution is 5.81. The van der Waals surface area contributed by atoms with Gasteiger partial charge < -0.3 is 15.5 Å². The van der Waals surface area contributed by atoms with Crippen LogP contribution in [-0.4, -0.2) is 53.5 Å². The summed E-state index contributed by atoms with van der Waals surface area (Å²) in [4.78, 5) is 9.47. The Labute approximate surface area is 111 Å². The van der Waals surface area contributed by atoms with Crippen molar-refractivity contribution in [1.82, 2.24) is 9.80 Å². The molecule has 4 heteroatoms. The Bertz CT molecular complexity index is 314. The molecule has 2 aliphatic heterocycles. The fourth-order valence-electron chi connectivity index (χ4n) is 3.18. The Morgan fingerprint density at radius 3 is 2.33 bits per heavy atom. The molecule has 0 unspecified atom stereocenters. The maximum atomic E-state index is 6.09. The van der Waals surface area contributed by atoms with E-state index in [9.17, 15) is 0 Å². The van der Waals surface area contributed by atoms with Gasteiger partial charge in [-0.25, -0.2) is 0 Å². The van der Waals surface area contributed by atoms with Crippen molar-refractivity contribution < 1.29 is 0 Å². The molecule has 104 valence electrons. The van der Waals surface area contributed by atoms with E-state index < -0.39 is 0 Å². The number of rotatable bonds is 3. The molecule has 1 fully saturated rings. The molecule has 18 heavy (non-hydrogen) atoms. The molecule has 0 aliphatic carbocycles. The van der Waals surface area contributed by atoms with Gasteiger partial charge in [0.05, 0.1) is 12.1 Å². The molecular weight excluding hydrogens is 224 g/mol. The summed E-state index contributed by atoms with van der Waals surface area (Å²) in [5.41, 5.74) is 6.31.